The van der Waals surface area contributed by atoms with Gasteiger partial charge in [0.1, 0.15) is 6.04 Å². The molecule has 2 saturated heterocycles. The molecule has 8 nitrogen and oxygen atoms in total. The topological polar surface area (TPSA) is 88.0 Å². The van der Waals surface area contributed by atoms with E-state index in [1.54, 1.807) is 12.1 Å². The van der Waals surface area contributed by atoms with Crippen molar-refractivity contribution < 1.29 is 14.5 Å². The number of piperazine rings is 1. The first kappa shape index (κ1) is 15.7. The molecule has 2 aliphatic rings. The maximum absolute atomic E-state index is 12.4. The third-order valence-electron chi connectivity index (χ3n) is 4.22. The first-order valence-corrected chi connectivity index (χ1v) is 7.74. The lowest BCUT2D eigenvalue weighted by Crippen LogP contribution is -2.57. The Labute approximate surface area is 134 Å². The number of anilines is 1. The van der Waals surface area contributed by atoms with Gasteiger partial charge in [0.2, 0.25) is 5.91 Å². The highest BCUT2D eigenvalue weighted by molar-refractivity contribution is 5.82. The van der Waals surface area contributed by atoms with Crippen molar-refractivity contribution in [2.45, 2.75) is 6.04 Å². The molecule has 0 bridgehead atoms. The quantitative estimate of drug-likeness (QED) is 0.634. The van der Waals surface area contributed by atoms with Gasteiger partial charge in [0.05, 0.1) is 18.1 Å². The van der Waals surface area contributed by atoms with Crippen LogP contribution in [-0.2, 0) is 9.53 Å². The van der Waals surface area contributed by atoms with Crippen LogP contribution in [0.25, 0.3) is 0 Å². The van der Waals surface area contributed by atoms with Crippen molar-refractivity contribution in [1.82, 2.24) is 10.2 Å². The highest BCUT2D eigenvalue weighted by atomic mass is 16.6. The number of carbonyl (C=O) groups excluding carboxylic acids is 1. The maximum Gasteiger partial charge on any atom is 0.271 e. The van der Waals surface area contributed by atoms with Gasteiger partial charge in [0.25, 0.3) is 5.69 Å². The Morgan fingerprint density at radius 3 is 2.74 bits per heavy atom. The summed E-state index contributed by atoms with van der Waals surface area (Å²) in [4.78, 5) is 26.8. The summed E-state index contributed by atoms with van der Waals surface area (Å²) in [7, 11) is 0. The van der Waals surface area contributed by atoms with Crippen molar-refractivity contribution >= 4 is 17.3 Å². The summed E-state index contributed by atoms with van der Waals surface area (Å²) in [6.45, 7) is 4.32. The molecule has 1 atom stereocenters. The molecule has 1 aromatic rings. The number of benzene rings is 1. The van der Waals surface area contributed by atoms with E-state index in [4.69, 9.17) is 4.74 Å². The van der Waals surface area contributed by atoms with E-state index >= 15 is 0 Å². The van der Waals surface area contributed by atoms with E-state index in [0.29, 0.717) is 45.9 Å². The fourth-order valence-electron chi connectivity index (χ4n) is 2.93. The number of rotatable bonds is 3. The van der Waals surface area contributed by atoms with Gasteiger partial charge in [-0.3, -0.25) is 14.9 Å². The average Bonchev–Trinajstić information content (AvgIpc) is 2.62. The number of non-ortho nitro benzene ring substituents is 1. The average molecular weight is 320 g/mol. The molecule has 2 heterocycles. The lowest BCUT2D eigenvalue weighted by molar-refractivity contribution is -0.384. The molecule has 2 fully saturated rings. The number of nitrogens with one attached hydrogen (secondary N) is 1. The molecule has 1 amide bonds. The number of hydrogen-bond donors (Lipinski definition) is 1. The fraction of sp³-hybridized carbons (Fsp3) is 0.533. The Morgan fingerprint density at radius 2 is 2.09 bits per heavy atom. The molecule has 1 N–H and O–H groups in total. The second-order valence-electron chi connectivity index (χ2n) is 5.67. The van der Waals surface area contributed by atoms with Crippen molar-refractivity contribution in [3.63, 3.8) is 0 Å². The van der Waals surface area contributed by atoms with Gasteiger partial charge in [-0.1, -0.05) is 6.07 Å². The molecule has 1 aromatic carbocycles. The van der Waals surface area contributed by atoms with Crippen LogP contribution in [0.3, 0.4) is 0 Å². The van der Waals surface area contributed by atoms with Crippen molar-refractivity contribution in [2.75, 3.05) is 50.8 Å². The summed E-state index contributed by atoms with van der Waals surface area (Å²) >= 11 is 0. The number of amides is 1. The van der Waals surface area contributed by atoms with Gasteiger partial charge in [0.15, 0.2) is 0 Å². The van der Waals surface area contributed by atoms with Gasteiger partial charge in [-0.2, -0.15) is 0 Å². The van der Waals surface area contributed by atoms with Crippen molar-refractivity contribution in [3.05, 3.63) is 34.4 Å². The lowest BCUT2D eigenvalue weighted by Gasteiger charge is -2.38. The molecule has 0 saturated carbocycles. The number of nitrogens with zero attached hydrogens (tertiary/aromatic N) is 3. The third kappa shape index (κ3) is 3.59. The van der Waals surface area contributed by atoms with E-state index in [-0.39, 0.29) is 17.6 Å². The van der Waals surface area contributed by atoms with E-state index in [1.807, 2.05) is 11.0 Å². The summed E-state index contributed by atoms with van der Waals surface area (Å²) in [6, 6.07) is 6.36. The molecule has 8 heteroatoms. The zero-order chi connectivity index (χ0) is 16.2. The standard InChI is InChI=1S/C15H20N4O4/c20-15(14-11-23-9-4-16-14)18-7-5-17(6-8-18)12-2-1-3-13(10-12)19(21)22/h1-3,10,14,16H,4-9,11H2. The van der Waals surface area contributed by atoms with Crippen molar-refractivity contribution in [1.29, 1.82) is 0 Å². The third-order valence-corrected chi connectivity index (χ3v) is 4.22. The van der Waals surface area contributed by atoms with E-state index in [9.17, 15) is 14.9 Å². The molecule has 0 aliphatic carbocycles. The van der Waals surface area contributed by atoms with Gasteiger partial charge in [-0.25, -0.2) is 0 Å². The largest absolute Gasteiger partial charge is 0.378 e. The Morgan fingerprint density at radius 1 is 1.30 bits per heavy atom. The van der Waals surface area contributed by atoms with Crippen LogP contribution in [0.2, 0.25) is 0 Å². The molecule has 124 valence electrons. The van der Waals surface area contributed by atoms with Crippen LogP contribution in [0.1, 0.15) is 0 Å². The Balaban J connectivity index is 1.58. The second kappa shape index (κ2) is 6.93. The second-order valence-corrected chi connectivity index (χ2v) is 5.67. The number of ether oxygens (including phenoxy) is 1. The highest BCUT2D eigenvalue weighted by Crippen LogP contribution is 2.22. The Hall–Kier alpha value is -2.19. The maximum atomic E-state index is 12.4. The van der Waals surface area contributed by atoms with E-state index in [0.717, 1.165) is 5.69 Å². The van der Waals surface area contributed by atoms with Gasteiger partial charge >= 0.3 is 0 Å². The highest BCUT2D eigenvalue weighted by Gasteiger charge is 2.29. The summed E-state index contributed by atoms with van der Waals surface area (Å²) in [6.07, 6.45) is 0. The zero-order valence-electron chi connectivity index (χ0n) is 12.8. The van der Waals surface area contributed by atoms with E-state index in [2.05, 4.69) is 10.2 Å². The Kier molecular flexibility index (Phi) is 4.73. The predicted octanol–water partition coefficient (Wildman–Crippen LogP) is 0.232. The van der Waals surface area contributed by atoms with Crippen molar-refractivity contribution in [3.8, 4) is 0 Å². The molecule has 3 rings (SSSR count). The Bertz CT molecular complexity index is 581. The minimum Gasteiger partial charge on any atom is -0.378 e. The van der Waals surface area contributed by atoms with E-state index < -0.39 is 4.92 Å². The van der Waals surface area contributed by atoms with Gasteiger partial charge in [-0.05, 0) is 6.07 Å². The van der Waals surface area contributed by atoms with Crippen LogP contribution in [0.5, 0.6) is 0 Å². The molecule has 0 radical (unpaired) electrons. The van der Waals surface area contributed by atoms with Crippen LogP contribution in [0, 0.1) is 10.1 Å². The molecular weight excluding hydrogens is 300 g/mol. The molecule has 0 aromatic heterocycles. The molecule has 0 spiro atoms. The number of nitro groups is 1. The van der Waals surface area contributed by atoms with Gasteiger partial charge in [-0.15, -0.1) is 0 Å². The van der Waals surface area contributed by atoms with Gasteiger partial charge in [0, 0.05) is 50.5 Å². The summed E-state index contributed by atoms with van der Waals surface area (Å²) in [5.74, 6) is 0.0726. The first-order chi connectivity index (χ1) is 11.1. The minimum atomic E-state index is -0.391. The predicted molar refractivity (Wildman–Crippen MR) is 84.5 cm³/mol. The number of nitro benzene ring substituents is 1. The number of carbonyl (C=O) groups is 1. The summed E-state index contributed by atoms with van der Waals surface area (Å²) < 4.78 is 5.34. The lowest BCUT2D eigenvalue weighted by atomic mass is 10.2. The van der Waals surface area contributed by atoms with Gasteiger partial charge < -0.3 is 19.9 Å². The molecule has 1 unspecified atom stereocenters. The zero-order valence-corrected chi connectivity index (χ0v) is 12.8. The van der Waals surface area contributed by atoms with Crippen LogP contribution < -0.4 is 10.2 Å². The molecular formula is C15H20N4O4. The van der Waals surface area contributed by atoms with Crippen LogP contribution in [-0.4, -0.2) is 67.7 Å². The fourth-order valence-corrected chi connectivity index (χ4v) is 2.93. The summed E-state index contributed by atoms with van der Waals surface area (Å²) in [5, 5.41) is 14.0. The monoisotopic (exact) mass is 320 g/mol. The molecule has 2 aliphatic heterocycles. The number of hydrogen-bond acceptors (Lipinski definition) is 6. The van der Waals surface area contributed by atoms with Crippen LogP contribution in [0.15, 0.2) is 24.3 Å². The molecule has 23 heavy (non-hydrogen) atoms. The smallest absolute Gasteiger partial charge is 0.271 e. The van der Waals surface area contributed by atoms with Crippen LogP contribution >= 0.6 is 0 Å². The SMILES string of the molecule is O=C(C1COCCN1)N1CCN(c2cccc([N+](=O)[O-])c2)CC1. The van der Waals surface area contributed by atoms with E-state index in [1.165, 1.54) is 6.07 Å². The minimum absolute atomic E-state index is 0.0726. The van der Waals surface area contributed by atoms with Crippen molar-refractivity contribution in [2.24, 2.45) is 0 Å². The first-order valence-electron chi connectivity index (χ1n) is 7.74. The number of morpholine rings is 1. The summed E-state index contributed by atoms with van der Waals surface area (Å²) in [5.41, 5.74) is 0.912. The van der Waals surface area contributed by atoms with Crippen LogP contribution in [0.4, 0.5) is 11.4 Å². The normalized spacial score (nSPS) is 22.0.